The van der Waals surface area contributed by atoms with E-state index in [9.17, 15) is 4.39 Å². The number of aliphatic imine (C=N–C) groups is 1. The van der Waals surface area contributed by atoms with Crippen LogP contribution >= 0.6 is 15.9 Å². The smallest absolute Gasteiger partial charge is 0.208 e. The van der Waals surface area contributed by atoms with Crippen LogP contribution in [-0.4, -0.2) is 11.5 Å². The van der Waals surface area contributed by atoms with Crippen LogP contribution in [0.2, 0.25) is 0 Å². The van der Waals surface area contributed by atoms with E-state index in [0.29, 0.717) is 0 Å². The Morgan fingerprint density at radius 2 is 2.40 bits per heavy atom. The number of hydrogen-bond donors (Lipinski definition) is 0. The Kier molecular flexibility index (Phi) is 5.49. The normalized spacial score (nSPS) is 16.2. The first-order valence-corrected chi connectivity index (χ1v) is 4.24. The number of halogens is 2. The fraction of sp³-hybridized carbons (Fsp3) is 0.571. The fourth-order valence-electron chi connectivity index (χ4n) is 0.446. The van der Waals surface area contributed by atoms with Gasteiger partial charge in [0.25, 0.3) is 0 Å². The van der Waals surface area contributed by atoms with Gasteiger partial charge in [-0.1, -0.05) is 22.9 Å². The maximum absolute atomic E-state index is 12.5. The van der Waals surface area contributed by atoms with Crippen molar-refractivity contribution in [2.75, 3.05) is 5.33 Å². The van der Waals surface area contributed by atoms with E-state index < -0.39 is 5.95 Å². The third-order valence-electron chi connectivity index (χ3n) is 0.918. The van der Waals surface area contributed by atoms with Gasteiger partial charge >= 0.3 is 0 Å². The molecular formula is C7H11BrFN. The van der Waals surface area contributed by atoms with Crippen LogP contribution in [0.3, 0.4) is 0 Å². The number of nitrogens with zero attached hydrogens (tertiary/aromatic N) is 1. The highest BCUT2D eigenvalue weighted by Gasteiger charge is 1.96. The molecule has 0 aromatic carbocycles. The zero-order valence-corrected chi connectivity index (χ0v) is 7.73. The maximum Gasteiger partial charge on any atom is 0.208 e. The molecule has 0 spiro atoms. The Morgan fingerprint density at radius 3 is 2.80 bits per heavy atom. The van der Waals surface area contributed by atoms with E-state index in [-0.39, 0.29) is 5.92 Å². The zero-order chi connectivity index (χ0) is 7.98. The molecule has 0 aliphatic rings. The third kappa shape index (κ3) is 4.68. The first-order chi connectivity index (χ1) is 4.70. The molecule has 0 aliphatic heterocycles. The van der Waals surface area contributed by atoms with E-state index in [1.807, 2.05) is 6.92 Å². The highest BCUT2D eigenvalue weighted by Crippen LogP contribution is 2.07. The first-order valence-electron chi connectivity index (χ1n) is 3.12. The maximum atomic E-state index is 12.5. The van der Waals surface area contributed by atoms with Crippen LogP contribution in [0.15, 0.2) is 17.0 Å². The van der Waals surface area contributed by atoms with E-state index in [4.69, 9.17) is 0 Å². The number of alkyl halides is 1. The minimum absolute atomic E-state index is 0.198. The van der Waals surface area contributed by atoms with E-state index in [1.54, 1.807) is 6.92 Å². The summed E-state index contributed by atoms with van der Waals surface area (Å²) in [6.45, 7) is 3.60. The van der Waals surface area contributed by atoms with E-state index in [1.165, 1.54) is 12.3 Å². The van der Waals surface area contributed by atoms with Crippen molar-refractivity contribution in [3.05, 3.63) is 12.0 Å². The van der Waals surface area contributed by atoms with Crippen molar-refractivity contribution < 1.29 is 4.39 Å². The predicted molar refractivity (Wildman–Crippen MR) is 46.3 cm³/mol. The van der Waals surface area contributed by atoms with Gasteiger partial charge in [-0.05, 0) is 18.9 Å². The quantitative estimate of drug-likeness (QED) is 0.384. The molecule has 0 bridgehead atoms. The fourth-order valence-corrected chi connectivity index (χ4v) is 0.633. The molecule has 1 atom stereocenters. The summed E-state index contributed by atoms with van der Waals surface area (Å²) in [5.41, 5.74) is 0. The van der Waals surface area contributed by atoms with Crippen LogP contribution < -0.4 is 0 Å². The predicted octanol–water partition coefficient (Wildman–Crippen LogP) is 2.92. The molecule has 0 saturated carbocycles. The average Bonchev–Trinajstić information content (AvgIpc) is 1.88. The molecule has 0 rings (SSSR count). The molecule has 0 fully saturated rings. The largest absolute Gasteiger partial charge is 0.233 e. The lowest BCUT2D eigenvalue weighted by Crippen LogP contribution is -1.89. The van der Waals surface area contributed by atoms with Crippen LogP contribution in [0.1, 0.15) is 13.8 Å². The van der Waals surface area contributed by atoms with Gasteiger partial charge in [0, 0.05) is 11.5 Å². The van der Waals surface area contributed by atoms with Crippen molar-refractivity contribution in [3.8, 4) is 0 Å². The minimum Gasteiger partial charge on any atom is -0.233 e. The summed E-state index contributed by atoms with van der Waals surface area (Å²) < 4.78 is 12.5. The summed E-state index contributed by atoms with van der Waals surface area (Å²) in [6, 6.07) is 0. The lowest BCUT2D eigenvalue weighted by Gasteiger charge is -1.96. The second-order valence-electron chi connectivity index (χ2n) is 2.01. The number of allylic oxidation sites excluding steroid dienone is 1. The van der Waals surface area contributed by atoms with Gasteiger partial charge in [-0.25, -0.2) is 4.99 Å². The Balaban J connectivity index is 3.89. The molecule has 58 valence electrons. The molecule has 0 heterocycles. The second-order valence-corrected chi connectivity index (χ2v) is 2.66. The first kappa shape index (κ1) is 9.82. The Labute approximate surface area is 69.2 Å². The van der Waals surface area contributed by atoms with Crippen LogP contribution in [-0.2, 0) is 0 Å². The summed E-state index contributed by atoms with van der Waals surface area (Å²) in [7, 11) is 0. The van der Waals surface area contributed by atoms with Crippen LogP contribution in [0, 0.1) is 5.92 Å². The molecule has 0 aromatic rings. The monoisotopic (exact) mass is 207 g/mol. The van der Waals surface area contributed by atoms with E-state index in [0.717, 1.165) is 5.33 Å². The molecule has 1 unspecified atom stereocenters. The van der Waals surface area contributed by atoms with Crippen LogP contribution in [0.5, 0.6) is 0 Å². The van der Waals surface area contributed by atoms with Crippen molar-refractivity contribution in [1.29, 1.82) is 0 Å². The molecule has 10 heavy (non-hydrogen) atoms. The van der Waals surface area contributed by atoms with Gasteiger partial charge in [0.1, 0.15) is 0 Å². The number of hydrogen-bond acceptors (Lipinski definition) is 1. The Hall–Kier alpha value is -0.180. The van der Waals surface area contributed by atoms with Crippen molar-refractivity contribution in [3.63, 3.8) is 0 Å². The SMILES string of the molecule is CC=N/C(F)=C\C(C)CBr. The van der Waals surface area contributed by atoms with Crippen LogP contribution in [0.4, 0.5) is 4.39 Å². The molecule has 3 heteroatoms. The van der Waals surface area contributed by atoms with E-state index in [2.05, 4.69) is 20.9 Å². The van der Waals surface area contributed by atoms with Crippen molar-refractivity contribution in [2.24, 2.45) is 10.9 Å². The average molecular weight is 208 g/mol. The molecular weight excluding hydrogens is 197 g/mol. The van der Waals surface area contributed by atoms with Gasteiger partial charge in [0.05, 0.1) is 0 Å². The third-order valence-corrected chi connectivity index (χ3v) is 1.94. The summed E-state index contributed by atoms with van der Waals surface area (Å²) >= 11 is 3.23. The lowest BCUT2D eigenvalue weighted by molar-refractivity contribution is 0.611. The van der Waals surface area contributed by atoms with Crippen LogP contribution in [0.25, 0.3) is 0 Å². The molecule has 1 nitrogen and oxygen atoms in total. The molecule has 0 amide bonds. The lowest BCUT2D eigenvalue weighted by atomic mass is 10.2. The zero-order valence-electron chi connectivity index (χ0n) is 6.14. The second kappa shape index (κ2) is 5.59. The Morgan fingerprint density at radius 1 is 1.80 bits per heavy atom. The molecule has 0 aromatic heterocycles. The van der Waals surface area contributed by atoms with Gasteiger partial charge in [-0.2, -0.15) is 4.39 Å². The van der Waals surface area contributed by atoms with Gasteiger partial charge in [-0.3, -0.25) is 0 Å². The highest BCUT2D eigenvalue weighted by molar-refractivity contribution is 9.09. The van der Waals surface area contributed by atoms with Crippen molar-refractivity contribution in [1.82, 2.24) is 0 Å². The van der Waals surface area contributed by atoms with Gasteiger partial charge in [0.15, 0.2) is 0 Å². The standard InChI is InChI=1S/C7H11BrFN/c1-3-10-7(9)4-6(2)5-8/h3-4,6H,5H2,1-2H3/b7-4-,10-3?. The Bertz CT molecular complexity index is 143. The molecule has 0 radical (unpaired) electrons. The topological polar surface area (TPSA) is 12.4 Å². The minimum atomic E-state index is -0.408. The van der Waals surface area contributed by atoms with Gasteiger partial charge < -0.3 is 0 Å². The summed E-state index contributed by atoms with van der Waals surface area (Å²) in [4.78, 5) is 3.46. The highest BCUT2D eigenvalue weighted by atomic mass is 79.9. The van der Waals surface area contributed by atoms with Gasteiger partial charge in [0.2, 0.25) is 5.95 Å². The van der Waals surface area contributed by atoms with Gasteiger partial charge in [-0.15, -0.1) is 0 Å². The molecule has 0 aliphatic carbocycles. The molecule has 0 N–H and O–H groups in total. The summed E-state index contributed by atoms with van der Waals surface area (Å²) in [5, 5.41) is 0.764. The molecule has 0 saturated heterocycles. The van der Waals surface area contributed by atoms with Crippen molar-refractivity contribution in [2.45, 2.75) is 13.8 Å². The summed E-state index contributed by atoms with van der Waals surface area (Å²) in [5.74, 6) is -0.210. The summed E-state index contributed by atoms with van der Waals surface area (Å²) in [6.07, 6.45) is 2.92. The van der Waals surface area contributed by atoms with E-state index >= 15 is 0 Å². The number of rotatable bonds is 3. The van der Waals surface area contributed by atoms with Crippen molar-refractivity contribution >= 4 is 22.1 Å².